The molecule has 4 heteroatoms. The van der Waals surface area contributed by atoms with Crippen molar-refractivity contribution in [1.29, 1.82) is 0 Å². The van der Waals surface area contributed by atoms with E-state index in [2.05, 4.69) is 12.2 Å². The van der Waals surface area contributed by atoms with Gasteiger partial charge in [0, 0.05) is 6.54 Å². The summed E-state index contributed by atoms with van der Waals surface area (Å²) in [6.07, 6.45) is 2.68. The molecule has 0 amide bonds. The molecule has 1 aliphatic heterocycles. The fraction of sp³-hybridized carbons (Fsp3) is 0.625. The minimum Gasteiger partial charge on any atom is -0.490 e. The Balaban J connectivity index is 1.78. The van der Waals surface area contributed by atoms with E-state index in [1.807, 2.05) is 31.2 Å². The van der Waals surface area contributed by atoms with Gasteiger partial charge in [-0.15, -0.1) is 0 Å². The van der Waals surface area contributed by atoms with Crippen molar-refractivity contribution in [3.05, 3.63) is 24.3 Å². The van der Waals surface area contributed by atoms with Crippen LogP contribution in [0.3, 0.4) is 0 Å². The second-order valence-electron chi connectivity index (χ2n) is 4.96. The summed E-state index contributed by atoms with van der Waals surface area (Å²) in [4.78, 5) is 0. The third-order valence-corrected chi connectivity index (χ3v) is 3.39. The molecule has 1 aliphatic rings. The summed E-state index contributed by atoms with van der Waals surface area (Å²) in [6, 6.07) is 7.79. The standard InChI is InChI=1S/C16H25NO3/c1-3-17-11-13-9-10-14(20-13)12-19-16-8-6-5-7-15(16)18-4-2/h5-8,13-14,17H,3-4,9-12H2,1-2H3. The first-order chi connectivity index (χ1) is 9.83. The van der Waals surface area contributed by atoms with Gasteiger partial charge in [-0.3, -0.25) is 0 Å². The van der Waals surface area contributed by atoms with Crippen molar-refractivity contribution in [2.75, 3.05) is 26.3 Å². The number of para-hydroxylation sites is 2. The Morgan fingerprint density at radius 2 is 1.80 bits per heavy atom. The minimum absolute atomic E-state index is 0.188. The average Bonchev–Trinajstić information content (AvgIpc) is 2.92. The Kier molecular flexibility index (Phi) is 6.15. The number of hydrogen-bond donors (Lipinski definition) is 1. The summed E-state index contributed by atoms with van der Waals surface area (Å²) >= 11 is 0. The van der Waals surface area contributed by atoms with Gasteiger partial charge in [0.15, 0.2) is 11.5 Å². The fourth-order valence-corrected chi connectivity index (χ4v) is 2.39. The van der Waals surface area contributed by atoms with Crippen LogP contribution in [-0.2, 0) is 4.74 Å². The first kappa shape index (κ1) is 15.1. The van der Waals surface area contributed by atoms with Crippen LogP contribution in [0.5, 0.6) is 11.5 Å². The van der Waals surface area contributed by atoms with E-state index >= 15 is 0 Å². The molecule has 4 nitrogen and oxygen atoms in total. The van der Waals surface area contributed by atoms with Crippen LogP contribution < -0.4 is 14.8 Å². The number of nitrogens with one attached hydrogen (secondary N) is 1. The first-order valence-corrected chi connectivity index (χ1v) is 7.54. The zero-order valence-corrected chi connectivity index (χ0v) is 12.4. The number of benzene rings is 1. The van der Waals surface area contributed by atoms with E-state index < -0.39 is 0 Å². The van der Waals surface area contributed by atoms with E-state index in [4.69, 9.17) is 14.2 Å². The van der Waals surface area contributed by atoms with Crippen LogP contribution in [0.1, 0.15) is 26.7 Å². The van der Waals surface area contributed by atoms with Crippen molar-refractivity contribution >= 4 is 0 Å². The van der Waals surface area contributed by atoms with Crippen LogP contribution >= 0.6 is 0 Å². The summed E-state index contributed by atoms with van der Waals surface area (Å²) in [5, 5.41) is 3.32. The summed E-state index contributed by atoms with van der Waals surface area (Å²) in [6.45, 7) is 7.24. The number of ether oxygens (including phenoxy) is 3. The second-order valence-corrected chi connectivity index (χ2v) is 4.96. The Hall–Kier alpha value is -1.26. The zero-order valence-electron chi connectivity index (χ0n) is 12.4. The van der Waals surface area contributed by atoms with Crippen LogP contribution in [-0.4, -0.2) is 38.5 Å². The van der Waals surface area contributed by atoms with E-state index in [0.29, 0.717) is 19.3 Å². The normalized spacial score (nSPS) is 21.9. The Bertz CT molecular complexity index is 397. The molecule has 1 fully saturated rings. The molecule has 1 aromatic rings. The number of hydrogen-bond acceptors (Lipinski definition) is 4. The molecular formula is C16H25NO3. The lowest BCUT2D eigenvalue weighted by atomic mass is 10.2. The van der Waals surface area contributed by atoms with Crippen molar-refractivity contribution < 1.29 is 14.2 Å². The highest BCUT2D eigenvalue weighted by Crippen LogP contribution is 2.28. The van der Waals surface area contributed by atoms with Crippen molar-refractivity contribution in [2.24, 2.45) is 0 Å². The largest absolute Gasteiger partial charge is 0.490 e. The highest BCUT2D eigenvalue weighted by atomic mass is 16.6. The minimum atomic E-state index is 0.188. The molecular weight excluding hydrogens is 254 g/mol. The van der Waals surface area contributed by atoms with Gasteiger partial charge in [0.05, 0.1) is 18.8 Å². The lowest BCUT2D eigenvalue weighted by Crippen LogP contribution is -2.28. The zero-order chi connectivity index (χ0) is 14.2. The fourth-order valence-electron chi connectivity index (χ4n) is 2.39. The molecule has 0 radical (unpaired) electrons. The number of rotatable bonds is 8. The van der Waals surface area contributed by atoms with Gasteiger partial charge in [-0.2, -0.15) is 0 Å². The predicted molar refractivity (Wildman–Crippen MR) is 79.5 cm³/mol. The molecule has 2 atom stereocenters. The SMILES string of the molecule is CCNCC1CCC(COc2ccccc2OCC)O1. The van der Waals surface area contributed by atoms with Crippen molar-refractivity contribution in [3.63, 3.8) is 0 Å². The third kappa shape index (κ3) is 4.39. The molecule has 112 valence electrons. The van der Waals surface area contributed by atoms with Crippen LogP contribution in [0.4, 0.5) is 0 Å². The average molecular weight is 279 g/mol. The molecule has 0 bridgehead atoms. The number of likely N-dealkylation sites (N-methyl/N-ethyl adjacent to an activating group) is 1. The van der Waals surface area contributed by atoms with Gasteiger partial charge in [-0.25, -0.2) is 0 Å². The molecule has 20 heavy (non-hydrogen) atoms. The van der Waals surface area contributed by atoms with Gasteiger partial charge >= 0.3 is 0 Å². The summed E-state index contributed by atoms with van der Waals surface area (Å²) in [7, 11) is 0. The first-order valence-electron chi connectivity index (χ1n) is 7.54. The lowest BCUT2D eigenvalue weighted by molar-refractivity contribution is 0.0182. The molecule has 0 spiro atoms. The van der Waals surface area contributed by atoms with Crippen molar-refractivity contribution in [2.45, 2.75) is 38.9 Å². The van der Waals surface area contributed by atoms with E-state index in [1.165, 1.54) is 0 Å². The maximum Gasteiger partial charge on any atom is 0.161 e. The summed E-state index contributed by atoms with van der Waals surface area (Å²) in [5.74, 6) is 1.60. The van der Waals surface area contributed by atoms with Gasteiger partial charge in [0.1, 0.15) is 6.61 Å². The molecule has 1 N–H and O–H groups in total. The third-order valence-electron chi connectivity index (χ3n) is 3.39. The van der Waals surface area contributed by atoms with Gasteiger partial charge in [-0.05, 0) is 38.4 Å². The van der Waals surface area contributed by atoms with Crippen LogP contribution in [0, 0.1) is 0 Å². The molecule has 2 rings (SSSR count). The molecule has 1 heterocycles. The summed E-state index contributed by atoms with van der Waals surface area (Å²) < 4.78 is 17.4. The van der Waals surface area contributed by atoms with Crippen molar-refractivity contribution in [3.8, 4) is 11.5 Å². The monoisotopic (exact) mass is 279 g/mol. The molecule has 1 saturated heterocycles. The highest BCUT2D eigenvalue weighted by molar-refractivity contribution is 5.39. The topological polar surface area (TPSA) is 39.7 Å². The predicted octanol–water partition coefficient (Wildman–Crippen LogP) is 2.62. The van der Waals surface area contributed by atoms with E-state index in [1.54, 1.807) is 0 Å². The molecule has 0 aliphatic carbocycles. The Morgan fingerprint density at radius 3 is 2.50 bits per heavy atom. The summed E-state index contributed by atoms with van der Waals surface area (Å²) in [5.41, 5.74) is 0. The van der Waals surface area contributed by atoms with Gasteiger partial charge in [0.25, 0.3) is 0 Å². The van der Waals surface area contributed by atoms with Gasteiger partial charge < -0.3 is 19.5 Å². The highest BCUT2D eigenvalue weighted by Gasteiger charge is 2.25. The van der Waals surface area contributed by atoms with Crippen LogP contribution in [0.25, 0.3) is 0 Å². The Labute approximate surface area is 121 Å². The van der Waals surface area contributed by atoms with Gasteiger partial charge in [-0.1, -0.05) is 19.1 Å². The smallest absolute Gasteiger partial charge is 0.161 e. The Morgan fingerprint density at radius 1 is 1.10 bits per heavy atom. The van der Waals surface area contributed by atoms with E-state index in [0.717, 1.165) is 37.4 Å². The lowest BCUT2D eigenvalue weighted by Gasteiger charge is -2.16. The van der Waals surface area contributed by atoms with Gasteiger partial charge in [0.2, 0.25) is 0 Å². The van der Waals surface area contributed by atoms with E-state index in [-0.39, 0.29) is 6.10 Å². The van der Waals surface area contributed by atoms with Crippen molar-refractivity contribution in [1.82, 2.24) is 5.32 Å². The maximum absolute atomic E-state index is 5.96. The molecule has 1 aromatic carbocycles. The van der Waals surface area contributed by atoms with E-state index in [9.17, 15) is 0 Å². The molecule has 0 saturated carbocycles. The molecule has 0 aromatic heterocycles. The van der Waals surface area contributed by atoms with Crippen LogP contribution in [0.15, 0.2) is 24.3 Å². The second kappa shape index (κ2) is 8.12. The molecule has 2 unspecified atom stereocenters. The quantitative estimate of drug-likeness (QED) is 0.794. The van der Waals surface area contributed by atoms with Crippen LogP contribution in [0.2, 0.25) is 0 Å². The maximum atomic E-state index is 5.96.